The third-order valence-corrected chi connectivity index (χ3v) is 5.30. The van der Waals surface area contributed by atoms with Gasteiger partial charge in [0, 0.05) is 6.07 Å². The predicted molar refractivity (Wildman–Crippen MR) is 109 cm³/mol. The van der Waals surface area contributed by atoms with Crippen molar-refractivity contribution >= 4 is 11.0 Å². The number of hydrogen-bond acceptors (Lipinski definition) is 12. The summed E-state index contributed by atoms with van der Waals surface area (Å²) in [5.41, 5.74) is -1.68. The molecule has 0 radical (unpaired) electrons. The molecule has 1 aliphatic heterocycles. The summed E-state index contributed by atoms with van der Waals surface area (Å²) in [5.74, 6) is -2.20. The van der Waals surface area contributed by atoms with E-state index in [2.05, 4.69) is 0 Å². The van der Waals surface area contributed by atoms with Crippen LogP contribution in [0.25, 0.3) is 22.1 Å². The van der Waals surface area contributed by atoms with Crippen LogP contribution in [0.2, 0.25) is 0 Å². The molecule has 4 rings (SSSR count). The second kappa shape index (κ2) is 8.42. The fourth-order valence-electron chi connectivity index (χ4n) is 3.51. The molecule has 0 spiro atoms. The predicted octanol–water partition coefficient (Wildman–Crippen LogP) is -0.539. The zero-order valence-corrected chi connectivity index (χ0v) is 16.7. The van der Waals surface area contributed by atoms with Crippen LogP contribution in [0.15, 0.2) is 39.5 Å². The fraction of sp³-hybridized carbons (Fsp3) is 0.286. The Kier molecular flexibility index (Phi) is 5.78. The number of rotatable bonds is 4. The highest BCUT2D eigenvalue weighted by Gasteiger charge is 2.43. The average molecular weight is 464 g/mol. The zero-order chi connectivity index (χ0) is 24.0. The third kappa shape index (κ3) is 4.01. The van der Waals surface area contributed by atoms with Crippen LogP contribution < -0.4 is 10.4 Å². The Balaban J connectivity index is 1.69. The molecule has 1 aliphatic rings. The summed E-state index contributed by atoms with van der Waals surface area (Å²) >= 11 is 0. The highest BCUT2D eigenvalue weighted by molar-refractivity contribution is 5.94. The van der Waals surface area contributed by atoms with Gasteiger partial charge < -0.3 is 54.7 Å². The van der Waals surface area contributed by atoms with Gasteiger partial charge in [0.05, 0.1) is 5.39 Å². The van der Waals surface area contributed by atoms with E-state index in [0.717, 1.165) is 18.2 Å². The van der Waals surface area contributed by atoms with Gasteiger partial charge in [0.2, 0.25) is 0 Å². The van der Waals surface area contributed by atoms with E-state index < -0.39 is 65.9 Å². The van der Waals surface area contributed by atoms with Crippen molar-refractivity contribution in [3.63, 3.8) is 0 Å². The first kappa shape index (κ1) is 22.6. The summed E-state index contributed by atoms with van der Waals surface area (Å²) in [6.07, 6.45) is -7.98. The molecule has 3 aromatic rings. The molecule has 2 aromatic carbocycles. The first-order chi connectivity index (χ1) is 15.6. The number of aliphatic hydroxyl groups is 4. The second-order valence-electron chi connectivity index (χ2n) is 7.48. The number of ether oxygens (including phenoxy) is 2. The van der Waals surface area contributed by atoms with Gasteiger partial charge in [0.1, 0.15) is 48.1 Å². The van der Waals surface area contributed by atoms with Gasteiger partial charge in [0.25, 0.3) is 0 Å². The smallest absolute Gasteiger partial charge is 0.348 e. The number of hydrogen-bond donors (Lipinski definition) is 8. The molecule has 33 heavy (non-hydrogen) atoms. The van der Waals surface area contributed by atoms with Crippen molar-refractivity contribution < 1.29 is 54.7 Å². The minimum absolute atomic E-state index is 0.0320. The van der Waals surface area contributed by atoms with Crippen LogP contribution >= 0.6 is 0 Å². The molecule has 12 nitrogen and oxygen atoms in total. The van der Waals surface area contributed by atoms with Gasteiger partial charge in [-0.3, -0.25) is 0 Å². The maximum atomic E-state index is 12.4. The van der Waals surface area contributed by atoms with Gasteiger partial charge in [-0.15, -0.1) is 0 Å². The van der Waals surface area contributed by atoms with E-state index in [-0.39, 0.29) is 27.8 Å². The van der Waals surface area contributed by atoms with E-state index in [9.17, 15) is 45.6 Å². The van der Waals surface area contributed by atoms with Crippen molar-refractivity contribution in [3.8, 4) is 39.9 Å². The van der Waals surface area contributed by atoms with Gasteiger partial charge in [-0.05, 0) is 23.8 Å². The van der Waals surface area contributed by atoms with Gasteiger partial charge >= 0.3 is 5.63 Å². The van der Waals surface area contributed by atoms with Crippen LogP contribution in [0.1, 0.15) is 0 Å². The topological polar surface area (TPSA) is 211 Å². The second-order valence-corrected chi connectivity index (χ2v) is 7.48. The maximum absolute atomic E-state index is 12.4. The van der Waals surface area contributed by atoms with Gasteiger partial charge in [0.15, 0.2) is 29.1 Å². The molecule has 0 aliphatic carbocycles. The highest BCUT2D eigenvalue weighted by Crippen LogP contribution is 2.40. The van der Waals surface area contributed by atoms with E-state index in [0.29, 0.717) is 0 Å². The number of phenols is 3. The molecule has 176 valence electrons. The summed E-state index contributed by atoms with van der Waals surface area (Å²) in [7, 11) is 0. The van der Waals surface area contributed by atoms with Crippen molar-refractivity contribution in [1.82, 2.24) is 0 Å². The maximum Gasteiger partial charge on any atom is 0.348 e. The Morgan fingerprint density at radius 1 is 0.848 bits per heavy atom. The number of aliphatic hydroxyl groups excluding tert-OH is 4. The van der Waals surface area contributed by atoms with Crippen LogP contribution in [-0.2, 0) is 4.74 Å². The van der Waals surface area contributed by atoms with E-state index in [4.69, 9.17) is 13.9 Å². The molecule has 0 bridgehead atoms. The number of phenolic OH excluding ortho intramolecular Hbond substituents is 3. The minimum atomic E-state index is -1.76. The van der Waals surface area contributed by atoms with Crippen molar-refractivity contribution in [2.45, 2.75) is 30.7 Å². The van der Waals surface area contributed by atoms with Crippen molar-refractivity contribution in [2.75, 3.05) is 6.61 Å². The average Bonchev–Trinajstić information content (AvgIpc) is 2.77. The molecule has 1 saturated heterocycles. The van der Waals surface area contributed by atoms with E-state index in [1.54, 1.807) is 0 Å². The van der Waals surface area contributed by atoms with Gasteiger partial charge in [-0.2, -0.15) is 0 Å². The van der Waals surface area contributed by atoms with E-state index in [1.165, 1.54) is 12.1 Å². The monoisotopic (exact) mass is 464 g/mol. The third-order valence-electron chi connectivity index (χ3n) is 5.30. The van der Waals surface area contributed by atoms with Crippen molar-refractivity contribution in [3.05, 3.63) is 40.8 Å². The first-order valence-corrected chi connectivity index (χ1v) is 9.64. The SMILES string of the molecule is O=c1oc2c(O)cc(OC[C@H]3O[C@@H](O)[C@H](O)[C@@H](O)[C@@H]3O)cc2c(O)c1-c1ccc(O)c(O)c1. The summed E-state index contributed by atoms with van der Waals surface area (Å²) in [5, 5.41) is 78.9. The quantitative estimate of drug-likeness (QED) is 0.181. The molecule has 0 saturated carbocycles. The lowest BCUT2D eigenvalue weighted by molar-refractivity contribution is -0.285. The number of fused-ring (bicyclic) bond motifs is 1. The minimum Gasteiger partial charge on any atom is -0.506 e. The van der Waals surface area contributed by atoms with Crippen LogP contribution in [0.3, 0.4) is 0 Å². The number of aromatic hydroxyl groups is 4. The van der Waals surface area contributed by atoms with Crippen molar-refractivity contribution in [2.24, 2.45) is 0 Å². The molecule has 1 aromatic heterocycles. The zero-order valence-electron chi connectivity index (χ0n) is 16.7. The molecule has 5 atom stereocenters. The summed E-state index contributed by atoms with van der Waals surface area (Å²) in [6, 6.07) is 5.70. The van der Waals surface area contributed by atoms with Crippen LogP contribution in [0.4, 0.5) is 0 Å². The number of benzene rings is 2. The van der Waals surface area contributed by atoms with Gasteiger partial charge in [-0.25, -0.2) is 4.79 Å². The highest BCUT2D eigenvalue weighted by atomic mass is 16.6. The molecule has 0 unspecified atom stereocenters. The van der Waals surface area contributed by atoms with Gasteiger partial charge in [-0.1, -0.05) is 6.07 Å². The van der Waals surface area contributed by atoms with Crippen molar-refractivity contribution in [1.29, 1.82) is 0 Å². The van der Waals surface area contributed by atoms with Crippen LogP contribution in [0.5, 0.6) is 28.7 Å². The molecule has 2 heterocycles. The lowest BCUT2D eigenvalue weighted by atomic mass is 9.99. The molecular formula is C21H20O12. The Morgan fingerprint density at radius 2 is 1.58 bits per heavy atom. The normalized spacial score (nSPS) is 25.3. The van der Waals surface area contributed by atoms with Crippen LogP contribution in [0, 0.1) is 0 Å². The Labute approximate surface area is 184 Å². The largest absolute Gasteiger partial charge is 0.506 e. The first-order valence-electron chi connectivity index (χ1n) is 9.64. The summed E-state index contributed by atoms with van der Waals surface area (Å²) in [4.78, 5) is 12.4. The molecule has 12 heteroatoms. The standard InChI is InChI=1S/C21H20O12/c22-10-2-1-7(3-11(10)23)14-15(25)9-4-8(5-12(24)19(9)33-20(14)29)31-6-13-16(26)17(27)18(28)21(30)32-13/h1-5,13,16-18,21-28,30H,6H2/t13-,16-,17+,18-,21-/m1/s1. The molecule has 8 N–H and O–H groups in total. The molecule has 0 amide bonds. The Morgan fingerprint density at radius 3 is 2.27 bits per heavy atom. The lowest BCUT2D eigenvalue weighted by Gasteiger charge is -2.38. The van der Waals surface area contributed by atoms with E-state index in [1.807, 2.05) is 0 Å². The lowest BCUT2D eigenvalue weighted by Crippen LogP contribution is -2.58. The van der Waals surface area contributed by atoms with E-state index >= 15 is 0 Å². The van der Waals surface area contributed by atoms with Crippen LogP contribution in [-0.4, -0.2) is 78.2 Å². The Bertz CT molecular complexity index is 1250. The summed E-state index contributed by atoms with van der Waals surface area (Å²) in [6.45, 7) is -0.427. The Hall–Kier alpha value is -3.55. The fourth-order valence-corrected chi connectivity index (χ4v) is 3.51. The summed E-state index contributed by atoms with van der Waals surface area (Å²) < 4.78 is 15.6. The molecule has 1 fully saturated rings. The molecular weight excluding hydrogens is 444 g/mol.